The predicted octanol–water partition coefficient (Wildman–Crippen LogP) is 2.57. The number of anilines is 1. The Morgan fingerprint density at radius 1 is 1.53 bits per heavy atom. The van der Waals surface area contributed by atoms with Crippen molar-refractivity contribution < 1.29 is 9.53 Å². The van der Waals surface area contributed by atoms with E-state index in [1.165, 1.54) is 11.3 Å². The minimum atomic E-state index is -0.0131. The van der Waals surface area contributed by atoms with Crippen LogP contribution < -0.4 is 10.6 Å². The molecule has 1 amide bonds. The van der Waals surface area contributed by atoms with Gasteiger partial charge < -0.3 is 15.4 Å². The molecule has 5 nitrogen and oxygen atoms in total. The van der Waals surface area contributed by atoms with Gasteiger partial charge in [-0.2, -0.15) is 0 Å². The van der Waals surface area contributed by atoms with Crippen LogP contribution in [-0.4, -0.2) is 30.6 Å². The van der Waals surface area contributed by atoms with Gasteiger partial charge in [0.15, 0.2) is 5.13 Å². The van der Waals surface area contributed by atoms with Crippen LogP contribution in [0.4, 0.5) is 5.13 Å². The third-order valence-corrected chi connectivity index (χ3v) is 3.68. The third-order valence-electron chi connectivity index (χ3n) is 2.90. The molecule has 0 saturated carbocycles. The van der Waals surface area contributed by atoms with Gasteiger partial charge in [0.05, 0.1) is 11.8 Å². The van der Waals surface area contributed by atoms with Gasteiger partial charge in [-0.3, -0.25) is 4.79 Å². The maximum Gasteiger partial charge on any atom is 0.226 e. The fraction of sp³-hybridized carbons (Fsp3) is 0.692. The summed E-state index contributed by atoms with van der Waals surface area (Å²) >= 11 is 1.46. The minimum absolute atomic E-state index is 0.0131. The van der Waals surface area contributed by atoms with E-state index < -0.39 is 0 Å². The van der Waals surface area contributed by atoms with Gasteiger partial charge in [0, 0.05) is 25.0 Å². The molecule has 6 heteroatoms. The van der Waals surface area contributed by atoms with E-state index in [0.29, 0.717) is 18.0 Å². The van der Waals surface area contributed by atoms with Crippen LogP contribution in [0.25, 0.3) is 0 Å². The van der Waals surface area contributed by atoms with Crippen LogP contribution in [0.2, 0.25) is 0 Å². The normalized spacial score (nSPS) is 14.1. The summed E-state index contributed by atoms with van der Waals surface area (Å²) in [5.74, 6) is -0.0131. The molecule has 0 saturated heterocycles. The number of aromatic nitrogens is 1. The molecule has 0 bridgehead atoms. The fourth-order valence-electron chi connectivity index (χ4n) is 1.59. The van der Waals surface area contributed by atoms with Crippen LogP contribution in [0.1, 0.15) is 45.3 Å². The summed E-state index contributed by atoms with van der Waals surface area (Å²) in [6.07, 6.45) is 1.27. The molecular weight excluding hydrogens is 262 g/mol. The van der Waals surface area contributed by atoms with Crippen molar-refractivity contribution in [3.63, 3.8) is 0 Å². The summed E-state index contributed by atoms with van der Waals surface area (Å²) in [6, 6.07) is 0.209. The number of carbonyl (C=O) groups is 1. The van der Waals surface area contributed by atoms with Crippen LogP contribution in [0, 0.1) is 0 Å². The van der Waals surface area contributed by atoms with Gasteiger partial charge in [-0.05, 0) is 26.8 Å². The number of nitrogens with zero attached hydrogens (tertiary/aromatic N) is 1. The molecule has 1 aromatic heterocycles. The lowest BCUT2D eigenvalue weighted by Crippen LogP contribution is -2.18. The molecule has 0 aromatic carbocycles. The second-order valence-electron chi connectivity index (χ2n) is 4.49. The van der Waals surface area contributed by atoms with E-state index in [4.69, 9.17) is 4.74 Å². The lowest BCUT2D eigenvalue weighted by molar-refractivity contribution is -0.116. The zero-order chi connectivity index (χ0) is 14.3. The van der Waals surface area contributed by atoms with Crippen molar-refractivity contribution in [3.05, 3.63) is 11.1 Å². The van der Waals surface area contributed by atoms with E-state index in [1.807, 2.05) is 12.3 Å². The van der Waals surface area contributed by atoms with Gasteiger partial charge in [-0.15, -0.1) is 11.3 Å². The molecule has 0 radical (unpaired) electrons. The van der Waals surface area contributed by atoms with Gasteiger partial charge in [0.25, 0.3) is 0 Å². The Hall–Kier alpha value is -0.980. The number of nitrogens with one attached hydrogen (secondary N) is 2. The largest absolute Gasteiger partial charge is 0.382 e. The molecular formula is C13H23N3O2S. The number of carbonyl (C=O) groups excluding carboxylic acids is 1. The lowest BCUT2D eigenvalue weighted by atomic mass is 10.2. The smallest absolute Gasteiger partial charge is 0.226 e. The Bertz CT molecular complexity index is 395. The van der Waals surface area contributed by atoms with Crippen molar-refractivity contribution >= 4 is 22.4 Å². The average molecular weight is 285 g/mol. The number of amides is 1. The van der Waals surface area contributed by atoms with E-state index in [0.717, 1.165) is 12.2 Å². The third kappa shape index (κ3) is 5.67. The van der Waals surface area contributed by atoms with E-state index in [-0.39, 0.29) is 18.1 Å². The van der Waals surface area contributed by atoms with Crippen LogP contribution >= 0.6 is 11.3 Å². The molecule has 108 valence electrons. The molecule has 1 rings (SSSR count). The topological polar surface area (TPSA) is 63.2 Å². The molecule has 0 aliphatic heterocycles. The highest BCUT2D eigenvalue weighted by atomic mass is 32.1. The predicted molar refractivity (Wildman–Crippen MR) is 78.5 cm³/mol. The lowest BCUT2D eigenvalue weighted by Gasteiger charge is -2.09. The van der Waals surface area contributed by atoms with Gasteiger partial charge >= 0.3 is 0 Å². The number of methoxy groups -OCH3 is 1. The van der Waals surface area contributed by atoms with E-state index >= 15 is 0 Å². The highest BCUT2D eigenvalue weighted by molar-refractivity contribution is 7.13. The molecule has 0 aliphatic carbocycles. The molecule has 2 atom stereocenters. The Morgan fingerprint density at radius 3 is 2.89 bits per heavy atom. The number of hydrogen-bond acceptors (Lipinski definition) is 5. The molecule has 19 heavy (non-hydrogen) atoms. The molecule has 0 aliphatic rings. The molecule has 1 heterocycles. The number of ether oxygens (including phenoxy) is 1. The molecule has 2 unspecified atom stereocenters. The average Bonchev–Trinajstić information content (AvgIpc) is 2.84. The molecule has 0 spiro atoms. The minimum Gasteiger partial charge on any atom is -0.382 e. The SMILES string of the molecule is CCNC(C)c1csc(NC(=O)CCC(C)OC)n1. The van der Waals surface area contributed by atoms with Gasteiger partial charge in [-0.25, -0.2) is 4.98 Å². The first kappa shape index (κ1) is 16.1. The highest BCUT2D eigenvalue weighted by Crippen LogP contribution is 2.20. The molecule has 0 fully saturated rings. The van der Waals surface area contributed by atoms with Crippen molar-refractivity contribution in [1.82, 2.24) is 10.3 Å². The summed E-state index contributed by atoms with van der Waals surface area (Å²) in [7, 11) is 1.65. The van der Waals surface area contributed by atoms with Gasteiger partial charge in [-0.1, -0.05) is 6.92 Å². The maximum atomic E-state index is 11.7. The Labute approximate surface area is 118 Å². The maximum absolute atomic E-state index is 11.7. The van der Waals surface area contributed by atoms with Gasteiger partial charge in [0.2, 0.25) is 5.91 Å². The fourth-order valence-corrected chi connectivity index (χ4v) is 2.41. The van der Waals surface area contributed by atoms with Crippen LogP contribution in [-0.2, 0) is 9.53 Å². The van der Waals surface area contributed by atoms with Crippen molar-refractivity contribution in [2.75, 3.05) is 19.0 Å². The van der Waals surface area contributed by atoms with Crippen molar-refractivity contribution in [1.29, 1.82) is 0 Å². The van der Waals surface area contributed by atoms with Gasteiger partial charge in [0.1, 0.15) is 0 Å². The quantitative estimate of drug-likeness (QED) is 0.770. The van der Waals surface area contributed by atoms with Crippen LogP contribution in [0.3, 0.4) is 0 Å². The zero-order valence-electron chi connectivity index (χ0n) is 12.0. The second-order valence-corrected chi connectivity index (χ2v) is 5.35. The first-order chi connectivity index (χ1) is 9.06. The number of thiazole rings is 1. The van der Waals surface area contributed by atoms with E-state index in [1.54, 1.807) is 7.11 Å². The Kier molecular flexibility index (Phi) is 6.97. The number of hydrogen-bond donors (Lipinski definition) is 2. The molecule has 1 aromatic rings. The second kappa shape index (κ2) is 8.24. The summed E-state index contributed by atoms with van der Waals surface area (Å²) in [6.45, 7) is 6.97. The number of rotatable bonds is 8. The highest BCUT2D eigenvalue weighted by Gasteiger charge is 2.11. The van der Waals surface area contributed by atoms with Crippen LogP contribution in [0.5, 0.6) is 0 Å². The van der Waals surface area contributed by atoms with Crippen LogP contribution in [0.15, 0.2) is 5.38 Å². The van der Waals surface area contributed by atoms with Crippen molar-refractivity contribution in [2.24, 2.45) is 0 Å². The summed E-state index contributed by atoms with van der Waals surface area (Å²) in [5, 5.41) is 8.75. The Balaban J connectivity index is 2.42. The monoisotopic (exact) mass is 285 g/mol. The summed E-state index contributed by atoms with van der Waals surface area (Å²) < 4.78 is 5.11. The van der Waals surface area contributed by atoms with E-state index in [9.17, 15) is 4.79 Å². The zero-order valence-corrected chi connectivity index (χ0v) is 12.8. The standard InChI is InChI=1S/C13H23N3O2S/c1-5-14-10(3)11-8-19-13(15-11)16-12(17)7-6-9(2)18-4/h8-10,14H,5-7H2,1-4H3,(H,15,16,17). The summed E-state index contributed by atoms with van der Waals surface area (Å²) in [5.41, 5.74) is 0.965. The van der Waals surface area contributed by atoms with Crippen molar-refractivity contribution in [2.45, 2.75) is 45.8 Å². The first-order valence-electron chi connectivity index (χ1n) is 6.58. The summed E-state index contributed by atoms with van der Waals surface area (Å²) in [4.78, 5) is 16.1. The van der Waals surface area contributed by atoms with E-state index in [2.05, 4.69) is 29.5 Å². The Morgan fingerprint density at radius 2 is 2.26 bits per heavy atom. The molecule has 2 N–H and O–H groups in total. The first-order valence-corrected chi connectivity index (χ1v) is 7.46. The van der Waals surface area contributed by atoms with Crippen molar-refractivity contribution in [3.8, 4) is 0 Å².